The number of amides is 1. The number of benzene rings is 1. The van der Waals surface area contributed by atoms with Gasteiger partial charge >= 0.3 is 0 Å². The highest BCUT2D eigenvalue weighted by atomic mass is 32.2. The summed E-state index contributed by atoms with van der Waals surface area (Å²) in [4.78, 5) is 12.5. The number of nitrogens with zero attached hydrogens (tertiary/aromatic N) is 1. The van der Waals surface area contributed by atoms with Crippen molar-refractivity contribution in [3.05, 3.63) is 29.8 Å². The van der Waals surface area contributed by atoms with Gasteiger partial charge < -0.3 is 10.6 Å². The number of piperidine rings is 1. The third kappa shape index (κ3) is 3.50. The number of sulfonamides is 1. The average molecular weight is 337 g/mol. The maximum atomic E-state index is 12.5. The van der Waals surface area contributed by atoms with Crippen LogP contribution in [-0.2, 0) is 10.0 Å². The molecule has 1 amide bonds. The molecule has 126 valence electrons. The SMILES string of the molecule is CC1CNCCC1NC(=O)c1cccc(N2CCCS2(=O)=O)c1. The van der Waals surface area contributed by atoms with E-state index in [0.29, 0.717) is 30.1 Å². The Morgan fingerprint density at radius 2 is 2.22 bits per heavy atom. The molecule has 2 atom stereocenters. The van der Waals surface area contributed by atoms with Crippen LogP contribution >= 0.6 is 0 Å². The summed E-state index contributed by atoms with van der Waals surface area (Å²) in [5, 5.41) is 6.38. The zero-order chi connectivity index (χ0) is 16.4. The molecule has 2 aliphatic heterocycles. The van der Waals surface area contributed by atoms with Crippen molar-refractivity contribution in [1.29, 1.82) is 0 Å². The summed E-state index contributed by atoms with van der Waals surface area (Å²) in [7, 11) is -3.23. The standard InChI is InChI=1S/C16H23N3O3S/c1-12-11-17-7-6-15(12)18-16(20)13-4-2-5-14(10-13)19-8-3-9-23(19,21)22/h2,4-5,10,12,15,17H,3,6-9,11H2,1H3,(H,18,20). The molecule has 0 saturated carbocycles. The van der Waals surface area contributed by atoms with Crippen molar-refractivity contribution in [3.8, 4) is 0 Å². The molecule has 7 heteroatoms. The molecule has 1 aromatic rings. The normalized spacial score (nSPS) is 26.9. The molecule has 6 nitrogen and oxygen atoms in total. The van der Waals surface area contributed by atoms with Gasteiger partial charge in [0.05, 0.1) is 11.4 Å². The largest absolute Gasteiger partial charge is 0.349 e. The van der Waals surface area contributed by atoms with Gasteiger partial charge in [0.15, 0.2) is 0 Å². The third-order valence-corrected chi connectivity index (χ3v) is 6.47. The van der Waals surface area contributed by atoms with Gasteiger partial charge in [0.2, 0.25) is 10.0 Å². The lowest BCUT2D eigenvalue weighted by molar-refractivity contribution is 0.0914. The fraction of sp³-hybridized carbons (Fsp3) is 0.562. The van der Waals surface area contributed by atoms with Crippen LogP contribution < -0.4 is 14.9 Å². The predicted octanol–water partition coefficient (Wildman–Crippen LogP) is 0.954. The second-order valence-electron chi connectivity index (χ2n) is 6.34. The van der Waals surface area contributed by atoms with E-state index in [1.54, 1.807) is 24.3 Å². The van der Waals surface area contributed by atoms with E-state index in [1.165, 1.54) is 4.31 Å². The molecule has 0 radical (unpaired) electrons. The van der Waals surface area contributed by atoms with Crippen molar-refractivity contribution in [2.75, 3.05) is 29.7 Å². The average Bonchev–Trinajstić information content (AvgIpc) is 2.89. The van der Waals surface area contributed by atoms with Crippen molar-refractivity contribution in [3.63, 3.8) is 0 Å². The summed E-state index contributed by atoms with van der Waals surface area (Å²) in [5.74, 6) is 0.424. The first-order valence-corrected chi connectivity index (χ1v) is 9.70. The maximum Gasteiger partial charge on any atom is 0.251 e. The number of carbonyl (C=O) groups is 1. The molecule has 2 heterocycles. The van der Waals surface area contributed by atoms with Gasteiger partial charge in [-0.25, -0.2) is 8.42 Å². The number of hydrogen-bond donors (Lipinski definition) is 2. The molecule has 2 fully saturated rings. The molecular weight excluding hydrogens is 314 g/mol. The van der Waals surface area contributed by atoms with Crippen LogP contribution in [0.2, 0.25) is 0 Å². The molecule has 0 spiro atoms. The van der Waals surface area contributed by atoms with Crippen LogP contribution in [-0.4, -0.2) is 45.8 Å². The van der Waals surface area contributed by atoms with Gasteiger partial charge in [0.1, 0.15) is 0 Å². The zero-order valence-electron chi connectivity index (χ0n) is 13.3. The summed E-state index contributed by atoms with van der Waals surface area (Å²) in [6.07, 6.45) is 1.54. The molecule has 0 aliphatic carbocycles. The molecule has 2 N–H and O–H groups in total. The van der Waals surface area contributed by atoms with Crippen LogP contribution in [0.25, 0.3) is 0 Å². The first kappa shape index (κ1) is 16.3. The smallest absolute Gasteiger partial charge is 0.251 e. The second kappa shape index (κ2) is 6.49. The summed E-state index contributed by atoms with van der Waals surface area (Å²) in [6.45, 7) is 4.40. The Bertz CT molecular complexity index is 690. The van der Waals surface area contributed by atoms with Crippen molar-refractivity contribution in [2.45, 2.75) is 25.8 Å². The first-order valence-electron chi connectivity index (χ1n) is 8.09. The van der Waals surface area contributed by atoms with Crippen molar-refractivity contribution in [2.24, 2.45) is 5.92 Å². The van der Waals surface area contributed by atoms with Crippen molar-refractivity contribution in [1.82, 2.24) is 10.6 Å². The minimum absolute atomic E-state index is 0.137. The number of rotatable bonds is 3. The van der Waals surface area contributed by atoms with Crippen molar-refractivity contribution < 1.29 is 13.2 Å². The monoisotopic (exact) mass is 337 g/mol. The molecule has 0 bridgehead atoms. The lowest BCUT2D eigenvalue weighted by Crippen LogP contribution is -2.48. The van der Waals surface area contributed by atoms with Gasteiger partial charge in [-0.15, -0.1) is 0 Å². The van der Waals surface area contributed by atoms with Gasteiger partial charge in [0, 0.05) is 18.2 Å². The lowest BCUT2D eigenvalue weighted by atomic mass is 9.95. The fourth-order valence-electron chi connectivity index (χ4n) is 3.21. The Morgan fingerprint density at radius 1 is 1.39 bits per heavy atom. The molecule has 2 aliphatic rings. The third-order valence-electron chi connectivity index (χ3n) is 4.60. The first-order chi connectivity index (χ1) is 11.0. The van der Waals surface area contributed by atoms with Crippen LogP contribution in [0.5, 0.6) is 0 Å². The van der Waals surface area contributed by atoms with E-state index >= 15 is 0 Å². The van der Waals surface area contributed by atoms with E-state index in [1.807, 2.05) is 0 Å². The van der Waals surface area contributed by atoms with Crippen LogP contribution in [0.15, 0.2) is 24.3 Å². The molecule has 3 rings (SSSR count). The Labute approximate surface area is 137 Å². The number of carbonyl (C=O) groups excluding carboxylic acids is 1. The van der Waals surface area contributed by atoms with Gasteiger partial charge in [-0.05, 0) is 50.0 Å². The highest BCUT2D eigenvalue weighted by Gasteiger charge is 2.29. The van der Waals surface area contributed by atoms with E-state index < -0.39 is 10.0 Å². The molecule has 2 unspecified atom stereocenters. The minimum atomic E-state index is -3.23. The molecule has 23 heavy (non-hydrogen) atoms. The van der Waals surface area contributed by atoms with Crippen LogP contribution in [0.3, 0.4) is 0 Å². The van der Waals surface area contributed by atoms with Gasteiger partial charge in [-0.2, -0.15) is 0 Å². The van der Waals surface area contributed by atoms with Gasteiger partial charge in [-0.3, -0.25) is 9.10 Å². The summed E-state index contributed by atoms with van der Waals surface area (Å²) < 4.78 is 25.4. The fourth-order valence-corrected chi connectivity index (χ4v) is 4.77. The van der Waals surface area contributed by atoms with Crippen LogP contribution in [0.1, 0.15) is 30.1 Å². The van der Waals surface area contributed by atoms with Crippen LogP contribution in [0.4, 0.5) is 5.69 Å². The Morgan fingerprint density at radius 3 is 2.91 bits per heavy atom. The Kier molecular flexibility index (Phi) is 4.59. The van der Waals surface area contributed by atoms with Gasteiger partial charge in [-0.1, -0.05) is 13.0 Å². The van der Waals surface area contributed by atoms with Crippen molar-refractivity contribution >= 4 is 21.6 Å². The maximum absolute atomic E-state index is 12.5. The minimum Gasteiger partial charge on any atom is -0.349 e. The summed E-state index contributed by atoms with van der Waals surface area (Å²) in [6, 6.07) is 7.04. The van der Waals surface area contributed by atoms with E-state index in [4.69, 9.17) is 0 Å². The Balaban J connectivity index is 1.75. The Hall–Kier alpha value is -1.60. The van der Waals surface area contributed by atoms with E-state index in [2.05, 4.69) is 17.6 Å². The second-order valence-corrected chi connectivity index (χ2v) is 8.35. The summed E-state index contributed by atoms with van der Waals surface area (Å²) >= 11 is 0. The lowest BCUT2D eigenvalue weighted by Gasteiger charge is -2.30. The number of anilines is 1. The topological polar surface area (TPSA) is 78.5 Å². The van der Waals surface area contributed by atoms with Crippen LogP contribution in [0, 0.1) is 5.92 Å². The number of nitrogens with one attached hydrogen (secondary N) is 2. The van der Waals surface area contributed by atoms with E-state index in [9.17, 15) is 13.2 Å². The molecule has 1 aromatic carbocycles. The number of hydrogen-bond acceptors (Lipinski definition) is 4. The highest BCUT2D eigenvalue weighted by Crippen LogP contribution is 2.25. The summed E-state index contributed by atoms with van der Waals surface area (Å²) in [5.41, 5.74) is 1.09. The van der Waals surface area contributed by atoms with E-state index in [-0.39, 0.29) is 17.7 Å². The molecular formula is C16H23N3O3S. The predicted molar refractivity (Wildman–Crippen MR) is 90.1 cm³/mol. The quantitative estimate of drug-likeness (QED) is 0.861. The van der Waals surface area contributed by atoms with Gasteiger partial charge in [0.25, 0.3) is 5.91 Å². The molecule has 0 aromatic heterocycles. The molecule has 2 saturated heterocycles. The zero-order valence-corrected chi connectivity index (χ0v) is 14.1. The highest BCUT2D eigenvalue weighted by molar-refractivity contribution is 7.93. The van der Waals surface area contributed by atoms with E-state index in [0.717, 1.165) is 19.5 Å².